The predicted octanol–water partition coefficient (Wildman–Crippen LogP) is 1.33. The van der Waals surface area contributed by atoms with Gasteiger partial charge in [-0.25, -0.2) is 9.59 Å². The zero-order chi connectivity index (χ0) is 16.7. The molecule has 0 saturated carbocycles. The predicted molar refractivity (Wildman–Crippen MR) is 91.6 cm³/mol. The lowest BCUT2D eigenvalue weighted by Crippen LogP contribution is -2.53. The summed E-state index contributed by atoms with van der Waals surface area (Å²) < 4.78 is 0. The third-order valence-electron chi connectivity index (χ3n) is 3.68. The molecule has 1 aliphatic heterocycles. The number of likely N-dealkylation sites (N-methyl/N-ethyl adjacent to an activating group) is 1. The van der Waals surface area contributed by atoms with Gasteiger partial charge in [0.1, 0.15) is 6.04 Å². The Labute approximate surface area is 140 Å². The number of benzene rings is 1. The van der Waals surface area contributed by atoms with Crippen LogP contribution in [0.15, 0.2) is 30.3 Å². The molecule has 0 spiro atoms. The fourth-order valence-electron chi connectivity index (χ4n) is 2.46. The van der Waals surface area contributed by atoms with Crippen molar-refractivity contribution in [2.24, 2.45) is 0 Å². The van der Waals surface area contributed by atoms with Crippen molar-refractivity contribution in [3.8, 4) is 0 Å². The van der Waals surface area contributed by atoms with Gasteiger partial charge in [0.25, 0.3) is 0 Å². The number of urea groups is 1. The minimum Gasteiger partial charge on any atom is -0.480 e. The Kier molecular flexibility index (Phi) is 6.73. The normalized spacial score (nSPS) is 16.2. The molecule has 0 unspecified atom stereocenters. The molecule has 2 rings (SSSR count). The number of carboxylic acids is 1. The summed E-state index contributed by atoms with van der Waals surface area (Å²) >= 11 is 1.81. The Balaban J connectivity index is 1.87. The molecule has 2 amide bonds. The first kappa shape index (κ1) is 17.6. The smallest absolute Gasteiger partial charge is 0.327 e. The van der Waals surface area contributed by atoms with Crippen LogP contribution >= 0.6 is 11.8 Å². The van der Waals surface area contributed by atoms with E-state index in [1.165, 1.54) is 0 Å². The van der Waals surface area contributed by atoms with E-state index in [-0.39, 0.29) is 12.6 Å². The van der Waals surface area contributed by atoms with Crippen LogP contribution in [-0.4, -0.2) is 71.1 Å². The highest BCUT2D eigenvalue weighted by Gasteiger charge is 2.25. The van der Waals surface area contributed by atoms with E-state index in [0.29, 0.717) is 19.6 Å². The zero-order valence-corrected chi connectivity index (χ0v) is 14.1. The highest BCUT2D eigenvalue weighted by atomic mass is 32.2. The van der Waals surface area contributed by atoms with Crippen molar-refractivity contribution in [2.75, 3.05) is 38.2 Å². The molecule has 0 aromatic heterocycles. The number of thioether (sulfide) groups is 1. The summed E-state index contributed by atoms with van der Waals surface area (Å²) in [6.45, 7) is 2.24. The molecule has 1 saturated heterocycles. The molecule has 1 aromatic rings. The van der Waals surface area contributed by atoms with Gasteiger partial charge < -0.3 is 15.3 Å². The number of aliphatic carboxylic acids is 1. The molecule has 0 aliphatic carbocycles. The number of nitrogens with zero attached hydrogens (tertiary/aromatic N) is 2. The van der Waals surface area contributed by atoms with E-state index in [1.54, 1.807) is 16.7 Å². The fourth-order valence-corrected chi connectivity index (χ4v) is 3.37. The summed E-state index contributed by atoms with van der Waals surface area (Å²) in [5.41, 5.74) is 1.11. The van der Waals surface area contributed by atoms with Crippen molar-refractivity contribution in [3.05, 3.63) is 35.9 Å². The number of amides is 2. The van der Waals surface area contributed by atoms with E-state index < -0.39 is 12.0 Å². The average molecular weight is 337 g/mol. The topological polar surface area (TPSA) is 72.9 Å². The summed E-state index contributed by atoms with van der Waals surface area (Å²) in [4.78, 5) is 27.2. The van der Waals surface area contributed by atoms with Gasteiger partial charge in [-0.15, -0.1) is 0 Å². The lowest BCUT2D eigenvalue weighted by molar-refractivity contribution is -0.139. The standard InChI is InChI=1S/C16H23N3O3S/c1-18(11-13-5-3-2-4-6-13)12-14(15(20)21)17-16(22)19-7-9-23-10-8-19/h2-6,14H,7-12H2,1H3,(H,17,22)(H,20,21)/t14-/m0/s1. The summed E-state index contributed by atoms with van der Waals surface area (Å²) in [5.74, 6) is 0.794. The van der Waals surface area contributed by atoms with E-state index in [4.69, 9.17) is 0 Å². The molecule has 0 radical (unpaired) electrons. The Morgan fingerprint density at radius 2 is 1.96 bits per heavy atom. The largest absolute Gasteiger partial charge is 0.480 e. The number of rotatable bonds is 6. The molecular weight excluding hydrogens is 314 g/mol. The van der Waals surface area contributed by atoms with E-state index in [1.807, 2.05) is 42.3 Å². The third-order valence-corrected chi connectivity index (χ3v) is 4.63. The molecule has 126 valence electrons. The van der Waals surface area contributed by atoms with Crippen LogP contribution in [0, 0.1) is 0 Å². The quantitative estimate of drug-likeness (QED) is 0.819. The molecule has 1 aromatic carbocycles. The number of carbonyl (C=O) groups excluding carboxylic acids is 1. The molecule has 1 fully saturated rings. The van der Waals surface area contributed by atoms with Gasteiger partial charge in [-0.1, -0.05) is 30.3 Å². The van der Waals surface area contributed by atoms with Crippen molar-refractivity contribution in [2.45, 2.75) is 12.6 Å². The number of carbonyl (C=O) groups is 2. The molecule has 7 heteroatoms. The minimum atomic E-state index is -1.01. The first-order valence-corrected chi connectivity index (χ1v) is 8.80. The summed E-state index contributed by atoms with van der Waals surface area (Å²) in [5, 5.41) is 12.0. The van der Waals surface area contributed by atoms with Gasteiger partial charge in [-0.05, 0) is 12.6 Å². The Morgan fingerprint density at radius 1 is 1.30 bits per heavy atom. The Morgan fingerprint density at radius 3 is 2.57 bits per heavy atom. The van der Waals surface area contributed by atoms with Crippen LogP contribution in [0.25, 0.3) is 0 Å². The highest BCUT2D eigenvalue weighted by molar-refractivity contribution is 7.99. The number of carboxylic acid groups (broad SMARTS) is 1. The second-order valence-electron chi connectivity index (χ2n) is 5.62. The molecule has 23 heavy (non-hydrogen) atoms. The molecule has 1 atom stereocenters. The van der Waals surface area contributed by atoms with Crippen LogP contribution in [0.4, 0.5) is 4.79 Å². The molecule has 6 nitrogen and oxygen atoms in total. The van der Waals surface area contributed by atoms with E-state index in [0.717, 1.165) is 17.1 Å². The van der Waals surface area contributed by atoms with Crippen molar-refractivity contribution in [3.63, 3.8) is 0 Å². The van der Waals surface area contributed by atoms with E-state index in [9.17, 15) is 14.7 Å². The van der Waals surface area contributed by atoms with Crippen molar-refractivity contribution < 1.29 is 14.7 Å². The zero-order valence-electron chi connectivity index (χ0n) is 13.3. The van der Waals surface area contributed by atoms with Crippen LogP contribution in [0.3, 0.4) is 0 Å². The first-order chi connectivity index (χ1) is 11.1. The van der Waals surface area contributed by atoms with Gasteiger partial charge >= 0.3 is 12.0 Å². The monoisotopic (exact) mass is 337 g/mol. The fraction of sp³-hybridized carbons (Fsp3) is 0.500. The lowest BCUT2D eigenvalue weighted by Gasteiger charge is -2.29. The Bertz CT molecular complexity index is 521. The van der Waals surface area contributed by atoms with Gasteiger partial charge in [0.2, 0.25) is 0 Å². The summed E-state index contributed by atoms with van der Waals surface area (Å²) in [6.07, 6.45) is 0. The second kappa shape index (κ2) is 8.79. The SMILES string of the molecule is CN(Cc1ccccc1)C[C@H](NC(=O)N1CCSCC1)C(=O)O. The van der Waals surface area contributed by atoms with Crippen molar-refractivity contribution in [1.82, 2.24) is 15.1 Å². The third kappa shape index (κ3) is 5.76. The van der Waals surface area contributed by atoms with Crippen LogP contribution in [-0.2, 0) is 11.3 Å². The van der Waals surface area contributed by atoms with Crippen LogP contribution in [0.5, 0.6) is 0 Å². The highest BCUT2D eigenvalue weighted by Crippen LogP contribution is 2.09. The maximum atomic E-state index is 12.2. The number of hydrogen-bond donors (Lipinski definition) is 2. The lowest BCUT2D eigenvalue weighted by atomic mass is 10.2. The van der Waals surface area contributed by atoms with E-state index >= 15 is 0 Å². The van der Waals surface area contributed by atoms with Crippen molar-refractivity contribution >= 4 is 23.8 Å². The van der Waals surface area contributed by atoms with Crippen LogP contribution in [0.2, 0.25) is 0 Å². The first-order valence-electron chi connectivity index (χ1n) is 7.64. The van der Waals surface area contributed by atoms with Gasteiger partial charge in [0.05, 0.1) is 0 Å². The summed E-state index contributed by atoms with van der Waals surface area (Å²) in [6, 6.07) is 8.64. The minimum absolute atomic E-state index is 0.262. The van der Waals surface area contributed by atoms with E-state index in [2.05, 4.69) is 5.32 Å². The number of hydrogen-bond acceptors (Lipinski definition) is 4. The second-order valence-corrected chi connectivity index (χ2v) is 6.85. The van der Waals surface area contributed by atoms with Crippen molar-refractivity contribution in [1.29, 1.82) is 0 Å². The maximum Gasteiger partial charge on any atom is 0.327 e. The van der Waals surface area contributed by atoms with Gasteiger partial charge in [0, 0.05) is 37.7 Å². The molecule has 1 aliphatic rings. The number of nitrogens with one attached hydrogen (secondary N) is 1. The maximum absolute atomic E-state index is 12.2. The Hall–Kier alpha value is -1.73. The van der Waals surface area contributed by atoms with Crippen LogP contribution in [0.1, 0.15) is 5.56 Å². The molecule has 1 heterocycles. The summed E-state index contributed by atoms with van der Waals surface area (Å²) in [7, 11) is 1.85. The molecule has 2 N–H and O–H groups in total. The van der Waals surface area contributed by atoms with Gasteiger partial charge in [-0.2, -0.15) is 11.8 Å². The van der Waals surface area contributed by atoms with Gasteiger partial charge in [-0.3, -0.25) is 4.90 Å². The van der Waals surface area contributed by atoms with Gasteiger partial charge in [0.15, 0.2) is 0 Å². The molecular formula is C16H23N3O3S. The molecule has 0 bridgehead atoms. The van der Waals surface area contributed by atoms with Crippen LogP contribution < -0.4 is 5.32 Å². The average Bonchev–Trinajstić information content (AvgIpc) is 2.55.